The molecule has 0 aliphatic carbocycles. The Bertz CT molecular complexity index is 508. The predicted octanol–water partition coefficient (Wildman–Crippen LogP) is 1.76. The molecule has 5 nitrogen and oxygen atoms in total. The minimum absolute atomic E-state index is 0.0827. The third-order valence-corrected chi connectivity index (χ3v) is 2.98. The highest BCUT2D eigenvalue weighted by Gasteiger charge is 2.23. The smallest absolute Gasteiger partial charge is 0.261 e. The first-order chi connectivity index (χ1) is 9.26. The highest BCUT2D eigenvalue weighted by atomic mass is 16.5. The minimum Gasteiger partial charge on any atom is -0.491 e. The van der Waals surface area contributed by atoms with Crippen molar-refractivity contribution in [2.45, 2.75) is 45.4 Å². The third kappa shape index (κ3) is 3.42. The highest BCUT2D eigenvalue weighted by Crippen LogP contribution is 2.34. The molecule has 20 heavy (non-hydrogen) atoms. The minimum atomic E-state index is -0.567. The Kier molecular flexibility index (Phi) is 3.90. The Morgan fingerprint density at radius 1 is 1.50 bits per heavy atom. The first kappa shape index (κ1) is 14.7. The molecule has 3 N–H and O–H groups in total. The Hall–Kier alpha value is -1.75. The summed E-state index contributed by atoms with van der Waals surface area (Å²) in [4.78, 5) is 12.0. The monoisotopic (exact) mass is 278 g/mol. The fourth-order valence-corrected chi connectivity index (χ4v) is 2.02. The molecule has 0 saturated heterocycles. The van der Waals surface area contributed by atoms with Crippen molar-refractivity contribution in [2.75, 3.05) is 6.61 Å². The molecule has 110 valence electrons. The molecule has 1 heterocycles. The van der Waals surface area contributed by atoms with Gasteiger partial charge in [-0.05, 0) is 39.8 Å². The summed E-state index contributed by atoms with van der Waals surface area (Å²) in [5.74, 6) is 1.20. The zero-order chi connectivity index (χ0) is 14.9. The average molecular weight is 278 g/mol. The van der Waals surface area contributed by atoms with Crippen molar-refractivity contribution >= 4 is 5.91 Å². The molecule has 0 saturated carbocycles. The number of hydrogen-bond acceptors (Lipinski definition) is 4. The van der Waals surface area contributed by atoms with Crippen LogP contribution in [0.5, 0.6) is 11.5 Å². The summed E-state index contributed by atoms with van der Waals surface area (Å²) in [7, 11) is 0. The van der Waals surface area contributed by atoms with E-state index >= 15 is 0 Å². The van der Waals surface area contributed by atoms with Crippen LogP contribution in [0.2, 0.25) is 0 Å². The van der Waals surface area contributed by atoms with Gasteiger partial charge in [-0.15, -0.1) is 0 Å². The van der Waals surface area contributed by atoms with Crippen molar-refractivity contribution in [3.8, 4) is 11.5 Å². The van der Waals surface area contributed by atoms with Crippen molar-refractivity contribution in [1.82, 2.24) is 5.32 Å². The summed E-state index contributed by atoms with van der Waals surface area (Å²) in [5.41, 5.74) is 6.59. The van der Waals surface area contributed by atoms with Crippen LogP contribution in [0.25, 0.3) is 0 Å². The van der Waals surface area contributed by atoms with Gasteiger partial charge in [-0.25, -0.2) is 0 Å². The van der Waals surface area contributed by atoms with Crippen LogP contribution in [0.1, 0.15) is 39.3 Å². The maximum absolute atomic E-state index is 12.0. The maximum Gasteiger partial charge on any atom is 0.261 e. The van der Waals surface area contributed by atoms with Gasteiger partial charge in [0.25, 0.3) is 5.91 Å². The second kappa shape index (κ2) is 5.32. The number of hydrogen-bond donors (Lipinski definition) is 2. The number of carbonyl (C=O) groups excluding carboxylic acids is 1. The summed E-state index contributed by atoms with van der Waals surface area (Å²) in [6.07, 6.45) is -0.567. The van der Waals surface area contributed by atoms with Gasteiger partial charge in [-0.3, -0.25) is 4.79 Å². The SMILES string of the molecule is CC(Oc1ccc2c(c1)OCC2N)C(=O)NC(C)(C)C. The molecule has 1 aromatic rings. The molecular weight excluding hydrogens is 256 g/mol. The summed E-state index contributed by atoms with van der Waals surface area (Å²) in [6, 6.07) is 5.40. The molecule has 2 unspecified atom stereocenters. The molecule has 1 aliphatic heterocycles. The molecule has 1 amide bonds. The van der Waals surface area contributed by atoms with Gasteiger partial charge in [0.15, 0.2) is 6.10 Å². The number of rotatable bonds is 3. The molecule has 1 aromatic carbocycles. The number of nitrogens with two attached hydrogens (primary N) is 1. The Balaban J connectivity index is 2.02. The first-order valence-corrected chi connectivity index (χ1v) is 6.77. The van der Waals surface area contributed by atoms with E-state index in [1.807, 2.05) is 32.9 Å². The van der Waals surface area contributed by atoms with Crippen molar-refractivity contribution in [3.05, 3.63) is 23.8 Å². The van der Waals surface area contributed by atoms with Gasteiger partial charge in [-0.1, -0.05) is 0 Å². The van der Waals surface area contributed by atoms with Crippen LogP contribution in [0.3, 0.4) is 0 Å². The zero-order valence-electron chi connectivity index (χ0n) is 12.4. The van der Waals surface area contributed by atoms with Crippen molar-refractivity contribution < 1.29 is 14.3 Å². The lowest BCUT2D eigenvalue weighted by molar-refractivity contribution is -0.128. The van der Waals surface area contributed by atoms with E-state index < -0.39 is 6.10 Å². The van der Waals surface area contributed by atoms with E-state index in [2.05, 4.69) is 5.32 Å². The van der Waals surface area contributed by atoms with Gasteiger partial charge in [0.1, 0.15) is 18.1 Å². The Labute approximate surface area is 119 Å². The fraction of sp³-hybridized carbons (Fsp3) is 0.533. The van der Waals surface area contributed by atoms with Gasteiger partial charge in [-0.2, -0.15) is 0 Å². The summed E-state index contributed by atoms with van der Waals surface area (Å²) in [5, 5.41) is 2.88. The van der Waals surface area contributed by atoms with E-state index in [9.17, 15) is 4.79 Å². The Morgan fingerprint density at radius 3 is 2.85 bits per heavy atom. The van der Waals surface area contributed by atoms with E-state index in [4.69, 9.17) is 15.2 Å². The molecule has 2 atom stereocenters. The molecule has 0 radical (unpaired) electrons. The molecule has 1 aliphatic rings. The molecule has 2 rings (SSSR count). The average Bonchev–Trinajstić information content (AvgIpc) is 2.68. The van der Waals surface area contributed by atoms with E-state index in [1.165, 1.54) is 0 Å². The van der Waals surface area contributed by atoms with Crippen molar-refractivity contribution in [2.24, 2.45) is 5.73 Å². The molecule has 5 heteroatoms. The summed E-state index contributed by atoms with van der Waals surface area (Å²) < 4.78 is 11.1. The topological polar surface area (TPSA) is 73.6 Å². The van der Waals surface area contributed by atoms with E-state index in [0.717, 1.165) is 11.3 Å². The zero-order valence-corrected chi connectivity index (χ0v) is 12.4. The van der Waals surface area contributed by atoms with Gasteiger partial charge >= 0.3 is 0 Å². The standard InChI is InChI=1S/C15H22N2O3/c1-9(14(18)17-15(2,3)4)20-10-5-6-11-12(16)8-19-13(11)7-10/h5-7,9,12H,8,16H2,1-4H3,(H,17,18). The van der Waals surface area contributed by atoms with E-state index in [-0.39, 0.29) is 17.5 Å². The number of benzene rings is 1. The third-order valence-electron chi connectivity index (χ3n) is 2.98. The van der Waals surface area contributed by atoms with Crippen LogP contribution in [0.15, 0.2) is 18.2 Å². The summed E-state index contributed by atoms with van der Waals surface area (Å²) >= 11 is 0. The van der Waals surface area contributed by atoms with Gasteiger partial charge < -0.3 is 20.5 Å². The molecule has 0 fully saturated rings. The predicted molar refractivity (Wildman–Crippen MR) is 76.9 cm³/mol. The largest absolute Gasteiger partial charge is 0.491 e. The maximum atomic E-state index is 12.0. The number of carbonyl (C=O) groups is 1. The highest BCUT2D eigenvalue weighted by molar-refractivity contribution is 5.81. The summed E-state index contributed by atoms with van der Waals surface area (Å²) in [6.45, 7) is 8.01. The Morgan fingerprint density at radius 2 is 2.20 bits per heavy atom. The van der Waals surface area contributed by atoms with E-state index in [0.29, 0.717) is 12.4 Å². The number of ether oxygens (including phenoxy) is 2. The van der Waals surface area contributed by atoms with Crippen LogP contribution in [0, 0.1) is 0 Å². The van der Waals surface area contributed by atoms with Crippen molar-refractivity contribution in [1.29, 1.82) is 0 Å². The normalized spacial score (nSPS) is 18.9. The van der Waals surface area contributed by atoms with Crippen LogP contribution < -0.4 is 20.5 Å². The van der Waals surface area contributed by atoms with E-state index in [1.54, 1.807) is 13.0 Å². The lowest BCUT2D eigenvalue weighted by Crippen LogP contribution is -2.46. The van der Waals surface area contributed by atoms with Crippen LogP contribution in [0.4, 0.5) is 0 Å². The molecular formula is C15H22N2O3. The van der Waals surface area contributed by atoms with Gasteiger partial charge in [0.05, 0.1) is 6.04 Å². The molecule has 0 bridgehead atoms. The number of amides is 1. The van der Waals surface area contributed by atoms with Crippen LogP contribution >= 0.6 is 0 Å². The molecule has 0 aromatic heterocycles. The van der Waals surface area contributed by atoms with Gasteiger partial charge in [0.2, 0.25) is 0 Å². The second-order valence-electron chi connectivity index (χ2n) is 6.12. The fourth-order valence-electron chi connectivity index (χ4n) is 2.02. The van der Waals surface area contributed by atoms with Crippen molar-refractivity contribution in [3.63, 3.8) is 0 Å². The second-order valence-corrected chi connectivity index (χ2v) is 6.12. The number of nitrogens with one attached hydrogen (secondary N) is 1. The van der Waals surface area contributed by atoms with Gasteiger partial charge in [0, 0.05) is 17.2 Å². The van der Waals surface area contributed by atoms with Crippen LogP contribution in [-0.4, -0.2) is 24.2 Å². The molecule has 0 spiro atoms. The van der Waals surface area contributed by atoms with Crippen LogP contribution in [-0.2, 0) is 4.79 Å². The number of fused-ring (bicyclic) bond motifs is 1. The quantitative estimate of drug-likeness (QED) is 0.883. The first-order valence-electron chi connectivity index (χ1n) is 6.77. The lowest BCUT2D eigenvalue weighted by Gasteiger charge is -2.23. The lowest BCUT2D eigenvalue weighted by atomic mass is 10.1.